The Morgan fingerprint density at radius 1 is 1.53 bits per heavy atom. The van der Waals surface area contributed by atoms with Crippen LogP contribution in [-0.4, -0.2) is 55.0 Å². The summed E-state index contributed by atoms with van der Waals surface area (Å²) < 4.78 is 5.66. The zero-order valence-electron chi connectivity index (χ0n) is 9.85. The van der Waals surface area contributed by atoms with Crippen LogP contribution in [0.25, 0.3) is 0 Å². The summed E-state index contributed by atoms with van der Waals surface area (Å²) >= 11 is 0. The third kappa shape index (κ3) is 4.07. The molecule has 0 amide bonds. The Balaban J connectivity index is 2.34. The molecule has 15 heavy (non-hydrogen) atoms. The third-order valence-corrected chi connectivity index (χ3v) is 3.13. The van der Waals surface area contributed by atoms with E-state index < -0.39 is 0 Å². The average Bonchev–Trinajstić information content (AvgIpc) is 2.19. The van der Waals surface area contributed by atoms with Gasteiger partial charge in [-0.25, -0.2) is 0 Å². The lowest BCUT2D eigenvalue weighted by Crippen LogP contribution is -2.49. The molecule has 1 aliphatic rings. The van der Waals surface area contributed by atoms with Gasteiger partial charge in [0, 0.05) is 25.2 Å². The molecule has 0 aromatic rings. The van der Waals surface area contributed by atoms with Crippen LogP contribution in [0.5, 0.6) is 0 Å². The standard InChI is InChI=1S/C11H24N2O2/c1-9(12)11(8-14)13(2)7-10-5-3-4-6-15-10/h9-11,14H,3-8,12H2,1-2H3. The second-order valence-corrected chi connectivity index (χ2v) is 4.54. The number of nitrogens with zero attached hydrogens (tertiary/aromatic N) is 1. The molecule has 0 saturated carbocycles. The summed E-state index contributed by atoms with van der Waals surface area (Å²) in [7, 11) is 2.00. The molecule has 90 valence electrons. The quantitative estimate of drug-likeness (QED) is 0.689. The van der Waals surface area contributed by atoms with Gasteiger partial charge < -0.3 is 15.6 Å². The number of ether oxygens (including phenoxy) is 1. The van der Waals surface area contributed by atoms with Crippen LogP contribution in [0.2, 0.25) is 0 Å². The Morgan fingerprint density at radius 2 is 2.27 bits per heavy atom. The molecule has 0 spiro atoms. The lowest BCUT2D eigenvalue weighted by molar-refractivity contribution is -0.0145. The van der Waals surface area contributed by atoms with E-state index in [4.69, 9.17) is 10.5 Å². The van der Waals surface area contributed by atoms with E-state index in [2.05, 4.69) is 4.90 Å². The largest absolute Gasteiger partial charge is 0.395 e. The number of aliphatic hydroxyl groups excluding tert-OH is 1. The van der Waals surface area contributed by atoms with Crippen molar-refractivity contribution in [2.45, 2.75) is 44.4 Å². The first kappa shape index (κ1) is 12.9. The van der Waals surface area contributed by atoms with Crippen LogP contribution in [0.4, 0.5) is 0 Å². The maximum absolute atomic E-state index is 9.23. The average molecular weight is 216 g/mol. The van der Waals surface area contributed by atoms with Crippen molar-refractivity contribution in [3.8, 4) is 0 Å². The number of nitrogens with two attached hydrogens (primary N) is 1. The Kier molecular flexibility index (Phi) is 5.53. The molecule has 1 fully saturated rings. The second-order valence-electron chi connectivity index (χ2n) is 4.54. The van der Waals surface area contributed by atoms with Gasteiger partial charge in [0.2, 0.25) is 0 Å². The SMILES string of the molecule is CC(N)C(CO)N(C)CC1CCCCO1. The van der Waals surface area contributed by atoms with Gasteiger partial charge in [0.15, 0.2) is 0 Å². The lowest BCUT2D eigenvalue weighted by Gasteiger charge is -2.33. The van der Waals surface area contributed by atoms with Gasteiger partial charge in [-0.15, -0.1) is 0 Å². The molecule has 0 aliphatic carbocycles. The maximum Gasteiger partial charge on any atom is 0.0702 e. The zero-order valence-corrected chi connectivity index (χ0v) is 9.85. The van der Waals surface area contributed by atoms with Crippen molar-refractivity contribution in [2.75, 3.05) is 26.8 Å². The summed E-state index contributed by atoms with van der Waals surface area (Å²) in [6, 6.07) is 0.0270. The van der Waals surface area contributed by atoms with Gasteiger partial charge in [-0.05, 0) is 33.2 Å². The van der Waals surface area contributed by atoms with Crippen molar-refractivity contribution in [1.29, 1.82) is 0 Å². The highest BCUT2D eigenvalue weighted by atomic mass is 16.5. The van der Waals surface area contributed by atoms with Crippen LogP contribution < -0.4 is 5.73 Å². The minimum Gasteiger partial charge on any atom is -0.395 e. The van der Waals surface area contributed by atoms with Gasteiger partial charge in [0.1, 0.15) is 0 Å². The van der Waals surface area contributed by atoms with Crippen LogP contribution in [0.1, 0.15) is 26.2 Å². The molecular weight excluding hydrogens is 192 g/mol. The van der Waals surface area contributed by atoms with Crippen molar-refractivity contribution in [1.82, 2.24) is 4.90 Å². The summed E-state index contributed by atoms with van der Waals surface area (Å²) in [4.78, 5) is 2.11. The fraction of sp³-hybridized carbons (Fsp3) is 1.00. The predicted molar refractivity (Wildman–Crippen MR) is 60.7 cm³/mol. The van der Waals surface area contributed by atoms with E-state index in [0.717, 1.165) is 19.6 Å². The first-order valence-corrected chi connectivity index (χ1v) is 5.83. The van der Waals surface area contributed by atoms with Crippen LogP contribution in [0, 0.1) is 0 Å². The van der Waals surface area contributed by atoms with E-state index in [1.807, 2.05) is 14.0 Å². The van der Waals surface area contributed by atoms with Crippen LogP contribution >= 0.6 is 0 Å². The highest BCUT2D eigenvalue weighted by Gasteiger charge is 2.22. The number of hydrogen-bond donors (Lipinski definition) is 2. The molecule has 3 N–H and O–H groups in total. The molecule has 0 radical (unpaired) electrons. The Labute approximate surface area is 92.4 Å². The molecule has 3 atom stereocenters. The predicted octanol–water partition coefficient (Wildman–Crippen LogP) is 0.195. The minimum atomic E-state index is -0.0106. The molecule has 0 bridgehead atoms. The molecule has 1 rings (SSSR count). The second kappa shape index (κ2) is 6.43. The van der Waals surface area contributed by atoms with Crippen molar-refractivity contribution >= 4 is 0 Å². The van der Waals surface area contributed by atoms with Crippen molar-refractivity contribution in [2.24, 2.45) is 5.73 Å². The monoisotopic (exact) mass is 216 g/mol. The first-order chi connectivity index (χ1) is 7.15. The van der Waals surface area contributed by atoms with E-state index >= 15 is 0 Å². The van der Waals surface area contributed by atoms with E-state index in [1.165, 1.54) is 12.8 Å². The Bertz CT molecular complexity index is 170. The van der Waals surface area contributed by atoms with Crippen LogP contribution in [0.15, 0.2) is 0 Å². The molecule has 1 aliphatic heterocycles. The van der Waals surface area contributed by atoms with E-state index in [9.17, 15) is 5.11 Å². The summed E-state index contributed by atoms with van der Waals surface area (Å²) in [5, 5.41) is 9.23. The normalized spacial score (nSPS) is 26.6. The molecule has 0 aromatic carbocycles. The van der Waals surface area contributed by atoms with E-state index in [1.54, 1.807) is 0 Å². The number of rotatable bonds is 5. The van der Waals surface area contributed by atoms with Crippen molar-refractivity contribution in [3.05, 3.63) is 0 Å². The van der Waals surface area contributed by atoms with E-state index in [0.29, 0.717) is 6.10 Å². The number of aliphatic hydroxyl groups is 1. The van der Waals surface area contributed by atoms with Crippen molar-refractivity contribution < 1.29 is 9.84 Å². The van der Waals surface area contributed by atoms with Gasteiger partial charge in [0.05, 0.1) is 12.7 Å². The van der Waals surface area contributed by atoms with E-state index in [-0.39, 0.29) is 18.7 Å². The highest BCUT2D eigenvalue weighted by molar-refractivity contribution is 4.79. The highest BCUT2D eigenvalue weighted by Crippen LogP contribution is 2.14. The fourth-order valence-electron chi connectivity index (χ4n) is 2.12. The van der Waals surface area contributed by atoms with Crippen LogP contribution in [0.3, 0.4) is 0 Å². The Morgan fingerprint density at radius 3 is 2.73 bits per heavy atom. The molecular formula is C11H24N2O2. The molecule has 1 heterocycles. The smallest absolute Gasteiger partial charge is 0.0702 e. The summed E-state index contributed by atoms with van der Waals surface area (Å²) in [5.41, 5.74) is 5.81. The summed E-state index contributed by atoms with van der Waals surface area (Å²) in [6.45, 7) is 3.78. The molecule has 4 heteroatoms. The summed E-state index contributed by atoms with van der Waals surface area (Å²) in [6.07, 6.45) is 3.87. The molecule has 1 saturated heterocycles. The van der Waals surface area contributed by atoms with Gasteiger partial charge in [-0.1, -0.05) is 0 Å². The number of hydrogen-bond acceptors (Lipinski definition) is 4. The van der Waals surface area contributed by atoms with Crippen molar-refractivity contribution in [3.63, 3.8) is 0 Å². The van der Waals surface area contributed by atoms with Gasteiger partial charge >= 0.3 is 0 Å². The lowest BCUT2D eigenvalue weighted by atomic mass is 10.1. The molecule has 0 aromatic heterocycles. The molecule has 3 unspecified atom stereocenters. The zero-order chi connectivity index (χ0) is 11.3. The third-order valence-electron chi connectivity index (χ3n) is 3.13. The maximum atomic E-state index is 9.23. The fourth-order valence-corrected chi connectivity index (χ4v) is 2.12. The minimum absolute atomic E-state index is 0.0106. The van der Waals surface area contributed by atoms with Gasteiger partial charge in [0.25, 0.3) is 0 Å². The number of likely N-dealkylation sites (N-methyl/N-ethyl adjacent to an activating group) is 1. The van der Waals surface area contributed by atoms with Gasteiger partial charge in [-0.2, -0.15) is 0 Å². The molecule has 4 nitrogen and oxygen atoms in total. The first-order valence-electron chi connectivity index (χ1n) is 5.83. The summed E-state index contributed by atoms with van der Waals surface area (Å²) in [5.74, 6) is 0. The van der Waals surface area contributed by atoms with Crippen LogP contribution in [-0.2, 0) is 4.74 Å². The topological polar surface area (TPSA) is 58.7 Å². The Hall–Kier alpha value is -0.160. The van der Waals surface area contributed by atoms with Gasteiger partial charge in [-0.3, -0.25) is 4.90 Å².